The normalized spacial score (nSPS) is 15.3. The molecular weight excluding hydrogens is 466 g/mol. The molecule has 3 aromatic rings. The number of nitrogens with zero attached hydrogens (tertiary/aromatic N) is 2. The first-order chi connectivity index (χ1) is 14.6. The molecular formula is C24H25BrF2N2O2. The number of fused-ring (bicyclic) bond motifs is 1. The number of hydrogen-bond acceptors (Lipinski definition) is 3. The van der Waals surface area contributed by atoms with Gasteiger partial charge in [-0.1, -0.05) is 22.0 Å². The Morgan fingerprint density at radius 1 is 1.23 bits per heavy atom. The molecule has 4 nitrogen and oxygen atoms in total. The van der Waals surface area contributed by atoms with Crippen molar-refractivity contribution in [3.8, 4) is 0 Å². The topological polar surface area (TPSA) is 44.1 Å². The van der Waals surface area contributed by atoms with E-state index < -0.39 is 23.7 Å². The van der Waals surface area contributed by atoms with E-state index in [2.05, 4.69) is 15.9 Å². The summed E-state index contributed by atoms with van der Waals surface area (Å²) in [6.45, 7) is 5.49. The highest BCUT2D eigenvalue weighted by Crippen LogP contribution is 2.48. The number of rotatable bonds is 6. The summed E-state index contributed by atoms with van der Waals surface area (Å²) >= 11 is 3.28. The maximum atomic E-state index is 14.5. The van der Waals surface area contributed by atoms with Gasteiger partial charge in [-0.25, -0.2) is 14.2 Å². The van der Waals surface area contributed by atoms with Crippen LogP contribution in [-0.2, 0) is 17.7 Å². The Bertz CT molecular complexity index is 1150. The molecule has 1 heterocycles. The Balaban J connectivity index is 1.76. The van der Waals surface area contributed by atoms with Crippen molar-refractivity contribution in [2.45, 2.75) is 52.2 Å². The molecule has 0 spiro atoms. The van der Waals surface area contributed by atoms with Crippen molar-refractivity contribution < 1.29 is 18.3 Å². The smallest absolute Gasteiger partial charge is 0.338 e. The maximum absolute atomic E-state index is 14.5. The minimum atomic E-state index is -0.608. The Kier molecular flexibility index (Phi) is 5.66. The highest BCUT2D eigenvalue weighted by Gasteiger charge is 2.43. The largest absolute Gasteiger partial charge is 0.456 e. The van der Waals surface area contributed by atoms with Gasteiger partial charge in [0.2, 0.25) is 0 Å². The molecule has 1 saturated carbocycles. The molecule has 4 rings (SSSR count). The van der Waals surface area contributed by atoms with Crippen molar-refractivity contribution in [3.63, 3.8) is 0 Å². The van der Waals surface area contributed by atoms with Gasteiger partial charge in [-0.3, -0.25) is 4.39 Å². The Labute approximate surface area is 188 Å². The molecule has 0 aliphatic heterocycles. The number of benzene rings is 2. The highest BCUT2D eigenvalue weighted by molar-refractivity contribution is 9.10. The van der Waals surface area contributed by atoms with Crippen molar-refractivity contribution in [2.75, 3.05) is 6.67 Å². The number of imidazole rings is 1. The van der Waals surface area contributed by atoms with Crippen LogP contribution in [0.4, 0.5) is 8.78 Å². The summed E-state index contributed by atoms with van der Waals surface area (Å²) in [5.74, 6) is -0.0966. The fourth-order valence-corrected chi connectivity index (χ4v) is 3.96. The van der Waals surface area contributed by atoms with Crippen molar-refractivity contribution >= 4 is 32.9 Å². The third-order valence-corrected chi connectivity index (χ3v) is 6.05. The van der Waals surface area contributed by atoms with Crippen molar-refractivity contribution in [1.82, 2.24) is 9.55 Å². The van der Waals surface area contributed by atoms with Crippen molar-refractivity contribution in [3.05, 3.63) is 63.6 Å². The third kappa shape index (κ3) is 4.81. The van der Waals surface area contributed by atoms with Crippen LogP contribution in [0.2, 0.25) is 0 Å². The molecule has 0 amide bonds. The van der Waals surface area contributed by atoms with E-state index in [4.69, 9.17) is 9.72 Å². The molecule has 1 fully saturated rings. The van der Waals surface area contributed by atoms with E-state index in [1.54, 1.807) is 30.3 Å². The molecule has 0 unspecified atom stereocenters. The molecule has 164 valence electrons. The van der Waals surface area contributed by atoms with Gasteiger partial charge in [-0.05, 0) is 69.5 Å². The van der Waals surface area contributed by atoms with Gasteiger partial charge in [0, 0.05) is 22.9 Å². The van der Waals surface area contributed by atoms with Crippen LogP contribution >= 0.6 is 15.9 Å². The molecule has 7 heteroatoms. The average molecular weight is 491 g/mol. The molecule has 0 atom stereocenters. The molecule has 0 radical (unpaired) electrons. The standard InChI is InChI=1S/C24H25BrF2N2O2/c1-23(2,3)31-22(30)16-5-7-19-20(10-16)29(14-24(13-26)8-9-24)21(28-19)11-15-4-6-17(25)12-18(15)27/h4-7,10,12H,8-9,11,13-14H2,1-3H3. The summed E-state index contributed by atoms with van der Waals surface area (Å²) in [6, 6.07) is 10.1. The van der Waals surface area contributed by atoms with Crippen LogP contribution in [0, 0.1) is 11.2 Å². The summed E-state index contributed by atoms with van der Waals surface area (Å²) in [5.41, 5.74) is 1.34. The van der Waals surface area contributed by atoms with Crippen LogP contribution < -0.4 is 0 Å². The van der Waals surface area contributed by atoms with Crippen LogP contribution in [0.5, 0.6) is 0 Å². The lowest BCUT2D eigenvalue weighted by molar-refractivity contribution is 0.00696. The van der Waals surface area contributed by atoms with E-state index in [0.29, 0.717) is 33.5 Å². The maximum Gasteiger partial charge on any atom is 0.338 e. The van der Waals surface area contributed by atoms with Crippen LogP contribution in [0.1, 0.15) is 55.4 Å². The Hall–Kier alpha value is -2.28. The van der Waals surface area contributed by atoms with E-state index in [9.17, 15) is 13.6 Å². The second-order valence-corrected chi connectivity index (χ2v) is 10.3. The zero-order valence-corrected chi connectivity index (χ0v) is 19.4. The summed E-state index contributed by atoms with van der Waals surface area (Å²) in [5, 5.41) is 0. The lowest BCUT2D eigenvalue weighted by Gasteiger charge is -2.19. The Morgan fingerprint density at radius 3 is 2.58 bits per heavy atom. The van der Waals surface area contributed by atoms with Crippen molar-refractivity contribution in [2.24, 2.45) is 5.41 Å². The van der Waals surface area contributed by atoms with Crippen LogP contribution in [0.15, 0.2) is 40.9 Å². The van der Waals surface area contributed by atoms with E-state index >= 15 is 0 Å². The van der Waals surface area contributed by atoms with E-state index in [1.807, 2.05) is 25.3 Å². The van der Waals surface area contributed by atoms with Gasteiger partial charge < -0.3 is 9.30 Å². The fraction of sp³-hybridized carbons (Fsp3) is 0.417. The summed E-state index contributed by atoms with van der Waals surface area (Å²) in [6.07, 6.45) is 1.89. The summed E-state index contributed by atoms with van der Waals surface area (Å²) in [4.78, 5) is 17.3. The van der Waals surface area contributed by atoms with Gasteiger partial charge >= 0.3 is 5.97 Å². The van der Waals surface area contributed by atoms with Gasteiger partial charge in [0.15, 0.2) is 0 Å². The zero-order valence-electron chi connectivity index (χ0n) is 17.8. The third-order valence-electron chi connectivity index (χ3n) is 5.56. The summed E-state index contributed by atoms with van der Waals surface area (Å²) in [7, 11) is 0. The molecule has 31 heavy (non-hydrogen) atoms. The number of carbonyl (C=O) groups excluding carboxylic acids is 1. The van der Waals surface area contributed by atoms with E-state index in [1.165, 1.54) is 6.07 Å². The first-order valence-electron chi connectivity index (χ1n) is 10.3. The fourth-order valence-electron chi connectivity index (χ4n) is 3.63. The molecule has 2 aromatic carbocycles. The SMILES string of the molecule is CC(C)(C)OC(=O)c1ccc2nc(Cc3ccc(Br)cc3F)n(CC3(CF)CC3)c2c1. The number of alkyl halides is 1. The van der Waals surface area contributed by atoms with Gasteiger partial charge in [0.05, 0.1) is 23.3 Å². The van der Waals surface area contributed by atoms with Crippen LogP contribution in [0.25, 0.3) is 11.0 Å². The van der Waals surface area contributed by atoms with Gasteiger partial charge in [0.1, 0.15) is 17.2 Å². The second-order valence-electron chi connectivity index (χ2n) is 9.37. The first-order valence-corrected chi connectivity index (χ1v) is 11.1. The van der Waals surface area contributed by atoms with E-state index in [0.717, 1.165) is 18.4 Å². The predicted octanol–water partition coefficient (Wildman–Crippen LogP) is 6.23. The average Bonchev–Trinajstić information content (AvgIpc) is 3.39. The van der Waals surface area contributed by atoms with Gasteiger partial charge in [-0.2, -0.15) is 0 Å². The molecule has 0 saturated heterocycles. The molecule has 1 aliphatic carbocycles. The highest BCUT2D eigenvalue weighted by atomic mass is 79.9. The number of hydrogen-bond donors (Lipinski definition) is 0. The predicted molar refractivity (Wildman–Crippen MR) is 119 cm³/mol. The van der Waals surface area contributed by atoms with Crippen molar-refractivity contribution in [1.29, 1.82) is 0 Å². The number of ether oxygens (including phenoxy) is 1. The van der Waals surface area contributed by atoms with Crippen LogP contribution in [-0.4, -0.2) is 27.8 Å². The molecule has 1 aromatic heterocycles. The number of esters is 1. The minimum absolute atomic E-state index is 0.276. The Morgan fingerprint density at radius 2 is 1.97 bits per heavy atom. The first kappa shape index (κ1) is 21.9. The van der Waals surface area contributed by atoms with Crippen LogP contribution in [0.3, 0.4) is 0 Å². The number of aromatic nitrogens is 2. The zero-order chi connectivity index (χ0) is 22.4. The molecule has 0 bridgehead atoms. The lowest BCUT2D eigenvalue weighted by atomic mass is 10.1. The quantitative estimate of drug-likeness (QED) is 0.384. The number of halogens is 3. The summed E-state index contributed by atoms with van der Waals surface area (Å²) < 4.78 is 36.3. The monoisotopic (exact) mass is 490 g/mol. The minimum Gasteiger partial charge on any atom is -0.456 e. The molecule has 1 aliphatic rings. The second kappa shape index (κ2) is 8.01. The lowest BCUT2D eigenvalue weighted by Crippen LogP contribution is -2.24. The van der Waals surface area contributed by atoms with Gasteiger partial charge in [0.25, 0.3) is 0 Å². The number of carbonyl (C=O) groups is 1. The van der Waals surface area contributed by atoms with E-state index in [-0.39, 0.29) is 12.2 Å². The van der Waals surface area contributed by atoms with Gasteiger partial charge in [-0.15, -0.1) is 0 Å². The molecule has 0 N–H and O–H groups in total.